The van der Waals surface area contributed by atoms with Gasteiger partial charge in [0, 0.05) is 24.9 Å². The van der Waals surface area contributed by atoms with E-state index >= 15 is 0 Å². The van der Waals surface area contributed by atoms with Crippen LogP contribution in [0.5, 0.6) is 6.01 Å². The van der Waals surface area contributed by atoms with Crippen molar-refractivity contribution < 1.29 is 9.47 Å². The first-order valence-electron chi connectivity index (χ1n) is 5.43. The van der Waals surface area contributed by atoms with Crippen LogP contribution < -0.4 is 4.74 Å². The van der Waals surface area contributed by atoms with Crippen LogP contribution in [0.15, 0.2) is 6.07 Å². The Morgan fingerprint density at radius 1 is 1.19 bits per heavy atom. The molecule has 0 fully saturated rings. The van der Waals surface area contributed by atoms with Crippen LogP contribution >= 0.6 is 0 Å². The average Bonchev–Trinajstić information content (AvgIpc) is 2.16. The highest BCUT2D eigenvalue weighted by Gasteiger charge is 2.16. The Kier molecular flexibility index (Phi) is 4.24. The number of aromatic nitrogens is 2. The van der Waals surface area contributed by atoms with Gasteiger partial charge in [0.05, 0.1) is 12.2 Å². The lowest BCUT2D eigenvalue weighted by molar-refractivity contribution is 0.00465. The highest BCUT2D eigenvalue weighted by Crippen LogP contribution is 2.13. The van der Waals surface area contributed by atoms with Crippen LogP contribution in [-0.2, 0) is 4.74 Å². The van der Waals surface area contributed by atoms with Gasteiger partial charge in [-0.15, -0.1) is 0 Å². The first-order valence-corrected chi connectivity index (χ1v) is 5.43. The zero-order valence-corrected chi connectivity index (χ0v) is 10.7. The van der Waals surface area contributed by atoms with E-state index in [1.165, 1.54) is 0 Å². The number of hydrogen-bond donors (Lipinski definition) is 0. The number of methoxy groups -OCH3 is 1. The zero-order chi connectivity index (χ0) is 12.2. The largest absolute Gasteiger partial charge is 0.463 e. The van der Waals surface area contributed by atoms with Gasteiger partial charge in [-0.25, -0.2) is 9.97 Å². The lowest BCUT2D eigenvalue weighted by Crippen LogP contribution is -2.25. The molecule has 0 spiro atoms. The topological polar surface area (TPSA) is 44.2 Å². The Morgan fingerprint density at radius 3 is 2.25 bits per heavy atom. The van der Waals surface area contributed by atoms with Gasteiger partial charge in [0.1, 0.15) is 0 Å². The van der Waals surface area contributed by atoms with Gasteiger partial charge in [-0.3, -0.25) is 0 Å². The fraction of sp³-hybridized carbons (Fsp3) is 0.667. The standard InChI is InChI=1S/C12H20N2O2/c1-9-8-10(2)14-11(13-9)16-7-6-12(3,4)15-5/h8H,6-7H2,1-5H3. The molecule has 16 heavy (non-hydrogen) atoms. The molecule has 0 atom stereocenters. The van der Waals surface area contributed by atoms with Gasteiger partial charge in [0.2, 0.25) is 0 Å². The number of nitrogens with zero attached hydrogens (tertiary/aromatic N) is 2. The van der Waals surface area contributed by atoms with Crippen molar-refractivity contribution in [2.24, 2.45) is 0 Å². The molecule has 1 aromatic heterocycles. The molecule has 4 heteroatoms. The Labute approximate surface area is 97.0 Å². The van der Waals surface area contributed by atoms with Crippen molar-refractivity contribution in [3.8, 4) is 6.01 Å². The third-order valence-electron chi connectivity index (χ3n) is 2.45. The molecule has 4 nitrogen and oxygen atoms in total. The second kappa shape index (κ2) is 5.25. The summed E-state index contributed by atoms with van der Waals surface area (Å²) in [6.07, 6.45) is 0.805. The van der Waals surface area contributed by atoms with E-state index in [0.717, 1.165) is 17.8 Å². The second-order valence-corrected chi connectivity index (χ2v) is 4.50. The average molecular weight is 224 g/mol. The highest BCUT2D eigenvalue weighted by molar-refractivity contribution is 5.10. The van der Waals surface area contributed by atoms with E-state index in [0.29, 0.717) is 12.6 Å². The molecule has 0 N–H and O–H groups in total. The SMILES string of the molecule is COC(C)(C)CCOc1nc(C)cc(C)n1. The number of ether oxygens (including phenoxy) is 2. The molecule has 0 saturated carbocycles. The molecule has 0 aliphatic heterocycles. The predicted octanol–water partition coefficient (Wildman–Crippen LogP) is 2.29. The van der Waals surface area contributed by atoms with E-state index in [4.69, 9.17) is 9.47 Å². The lowest BCUT2D eigenvalue weighted by Gasteiger charge is -2.22. The van der Waals surface area contributed by atoms with E-state index < -0.39 is 0 Å². The third-order valence-corrected chi connectivity index (χ3v) is 2.45. The van der Waals surface area contributed by atoms with E-state index in [1.54, 1.807) is 7.11 Å². The number of rotatable bonds is 5. The quantitative estimate of drug-likeness (QED) is 0.769. The maximum atomic E-state index is 5.50. The van der Waals surface area contributed by atoms with Crippen molar-refractivity contribution in [3.63, 3.8) is 0 Å². The van der Waals surface area contributed by atoms with Crippen LogP contribution in [0.4, 0.5) is 0 Å². The molecule has 0 aliphatic carbocycles. The van der Waals surface area contributed by atoms with Gasteiger partial charge in [-0.1, -0.05) is 0 Å². The smallest absolute Gasteiger partial charge is 0.316 e. The molecule has 0 aliphatic rings. The summed E-state index contributed by atoms with van der Waals surface area (Å²) in [6, 6.07) is 2.37. The normalized spacial score (nSPS) is 11.6. The third kappa shape index (κ3) is 4.14. The van der Waals surface area contributed by atoms with Crippen LogP contribution in [0.2, 0.25) is 0 Å². The summed E-state index contributed by atoms with van der Waals surface area (Å²) < 4.78 is 10.8. The van der Waals surface area contributed by atoms with Gasteiger partial charge < -0.3 is 9.47 Å². The van der Waals surface area contributed by atoms with Crippen LogP contribution in [0, 0.1) is 13.8 Å². The molecule has 90 valence electrons. The maximum Gasteiger partial charge on any atom is 0.316 e. The fourth-order valence-electron chi connectivity index (χ4n) is 1.25. The minimum absolute atomic E-state index is 0.168. The van der Waals surface area contributed by atoms with Crippen LogP contribution in [0.1, 0.15) is 31.7 Å². The van der Waals surface area contributed by atoms with Crippen molar-refractivity contribution in [2.75, 3.05) is 13.7 Å². The molecular weight excluding hydrogens is 204 g/mol. The molecule has 0 radical (unpaired) electrons. The minimum Gasteiger partial charge on any atom is -0.463 e. The number of aryl methyl sites for hydroxylation is 2. The van der Waals surface area contributed by atoms with Crippen LogP contribution in [0.3, 0.4) is 0 Å². The molecule has 0 amide bonds. The second-order valence-electron chi connectivity index (χ2n) is 4.50. The van der Waals surface area contributed by atoms with E-state index in [1.807, 2.05) is 33.8 Å². The van der Waals surface area contributed by atoms with Crippen molar-refractivity contribution in [1.29, 1.82) is 0 Å². The van der Waals surface area contributed by atoms with Crippen molar-refractivity contribution in [1.82, 2.24) is 9.97 Å². The molecule has 0 aromatic carbocycles. The maximum absolute atomic E-state index is 5.50. The van der Waals surface area contributed by atoms with E-state index in [2.05, 4.69) is 9.97 Å². The summed E-state index contributed by atoms with van der Waals surface area (Å²) in [6.45, 7) is 8.47. The van der Waals surface area contributed by atoms with Gasteiger partial charge in [-0.05, 0) is 33.8 Å². The Balaban J connectivity index is 2.49. The Hall–Kier alpha value is -1.16. The summed E-state index contributed by atoms with van der Waals surface area (Å²) >= 11 is 0. The fourth-order valence-corrected chi connectivity index (χ4v) is 1.25. The number of hydrogen-bond acceptors (Lipinski definition) is 4. The molecule has 1 heterocycles. The summed E-state index contributed by atoms with van der Waals surface area (Å²) in [5.74, 6) is 0. The van der Waals surface area contributed by atoms with Crippen molar-refractivity contribution >= 4 is 0 Å². The van der Waals surface area contributed by atoms with E-state index in [-0.39, 0.29) is 5.60 Å². The monoisotopic (exact) mass is 224 g/mol. The summed E-state index contributed by atoms with van der Waals surface area (Å²) in [4.78, 5) is 8.41. The first-order chi connectivity index (χ1) is 7.43. The minimum atomic E-state index is -0.168. The molecule has 0 unspecified atom stereocenters. The molecule has 0 saturated heterocycles. The summed E-state index contributed by atoms with van der Waals surface area (Å²) in [5.41, 5.74) is 1.68. The first kappa shape index (κ1) is 12.9. The molecule has 1 rings (SSSR count). The highest BCUT2D eigenvalue weighted by atomic mass is 16.5. The van der Waals surface area contributed by atoms with Crippen molar-refractivity contribution in [3.05, 3.63) is 17.5 Å². The molecule has 0 bridgehead atoms. The Morgan fingerprint density at radius 2 is 1.75 bits per heavy atom. The van der Waals surface area contributed by atoms with E-state index in [9.17, 15) is 0 Å². The van der Waals surface area contributed by atoms with Gasteiger partial charge in [0.15, 0.2) is 0 Å². The van der Waals surface area contributed by atoms with Crippen molar-refractivity contribution in [2.45, 2.75) is 39.7 Å². The predicted molar refractivity (Wildman–Crippen MR) is 62.7 cm³/mol. The molecular formula is C12H20N2O2. The molecule has 1 aromatic rings. The zero-order valence-electron chi connectivity index (χ0n) is 10.7. The summed E-state index contributed by atoms with van der Waals surface area (Å²) in [5, 5.41) is 0. The Bertz CT molecular complexity index is 331. The van der Waals surface area contributed by atoms with Crippen LogP contribution in [0.25, 0.3) is 0 Å². The van der Waals surface area contributed by atoms with Gasteiger partial charge in [0.25, 0.3) is 0 Å². The van der Waals surface area contributed by atoms with Gasteiger partial charge in [-0.2, -0.15) is 0 Å². The lowest BCUT2D eigenvalue weighted by atomic mass is 10.1. The summed E-state index contributed by atoms with van der Waals surface area (Å²) in [7, 11) is 1.70. The van der Waals surface area contributed by atoms with Crippen LogP contribution in [-0.4, -0.2) is 29.3 Å². The van der Waals surface area contributed by atoms with Gasteiger partial charge >= 0.3 is 6.01 Å².